The second-order valence-electron chi connectivity index (χ2n) is 8.56. The molecule has 0 bridgehead atoms. The number of hydrogen-bond donors (Lipinski definition) is 1. The molecule has 0 saturated carbocycles. The number of carbonyl (C=O) groups excluding carboxylic acids is 2. The zero-order valence-electron chi connectivity index (χ0n) is 18.3. The van der Waals surface area contributed by atoms with Crippen LogP contribution >= 0.6 is 23.2 Å². The van der Waals surface area contributed by atoms with E-state index in [0.29, 0.717) is 48.0 Å². The van der Waals surface area contributed by atoms with E-state index >= 15 is 0 Å². The third kappa shape index (κ3) is 5.11. The maximum atomic E-state index is 13.0. The summed E-state index contributed by atoms with van der Waals surface area (Å²) in [5.41, 5.74) is 1.40. The molecular weight excluding hydrogens is 449 g/mol. The fourth-order valence-corrected chi connectivity index (χ4v) is 4.96. The van der Waals surface area contributed by atoms with Crippen molar-refractivity contribution in [1.82, 2.24) is 24.9 Å². The number of piperidine rings is 1. The number of hydrogen-bond acceptors (Lipinski definition) is 4. The Morgan fingerprint density at radius 1 is 1.19 bits per heavy atom. The summed E-state index contributed by atoms with van der Waals surface area (Å²) in [5.74, 6) is -0.426. The Morgan fingerprint density at radius 3 is 2.72 bits per heavy atom. The molecule has 0 aliphatic carbocycles. The van der Waals surface area contributed by atoms with Crippen LogP contribution in [0.2, 0.25) is 10.0 Å². The Bertz CT molecular complexity index is 973. The summed E-state index contributed by atoms with van der Waals surface area (Å²) < 4.78 is 1.61. The number of rotatable bonds is 7. The predicted molar refractivity (Wildman–Crippen MR) is 125 cm³/mol. The van der Waals surface area contributed by atoms with Gasteiger partial charge in [0, 0.05) is 53.9 Å². The third-order valence-electron chi connectivity index (χ3n) is 6.36. The monoisotopic (exact) mass is 477 g/mol. The lowest BCUT2D eigenvalue weighted by molar-refractivity contribution is 0.0683. The van der Waals surface area contributed by atoms with E-state index in [1.807, 2.05) is 0 Å². The highest BCUT2D eigenvalue weighted by molar-refractivity contribution is 6.36. The number of carbonyl (C=O) groups is 2. The minimum atomic E-state index is -0.243. The van der Waals surface area contributed by atoms with E-state index in [0.717, 1.165) is 25.1 Å². The van der Waals surface area contributed by atoms with Crippen LogP contribution in [0.25, 0.3) is 0 Å². The molecule has 1 atom stereocenters. The van der Waals surface area contributed by atoms with Gasteiger partial charge in [0.25, 0.3) is 11.8 Å². The smallest absolute Gasteiger partial charge is 0.272 e. The van der Waals surface area contributed by atoms with Gasteiger partial charge in [-0.25, -0.2) is 0 Å². The zero-order chi connectivity index (χ0) is 22.7. The summed E-state index contributed by atoms with van der Waals surface area (Å²) >= 11 is 12.5. The van der Waals surface area contributed by atoms with Gasteiger partial charge in [0.15, 0.2) is 5.69 Å². The first-order valence-electron chi connectivity index (χ1n) is 11.3. The van der Waals surface area contributed by atoms with E-state index in [9.17, 15) is 9.59 Å². The van der Waals surface area contributed by atoms with E-state index in [2.05, 4.69) is 22.2 Å². The topological polar surface area (TPSA) is 70.5 Å². The van der Waals surface area contributed by atoms with Gasteiger partial charge in [-0.3, -0.25) is 14.3 Å². The van der Waals surface area contributed by atoms with Crippen LogP contribution in [0.5, 0.6) is 0 Å². The number of fused-ring (bicyclic) bond motifs is 1. The van der Waals surface area contributed by atoms with E-state index in [1.165, 1.54) is 19.3 Å². The summed E-state index contributed by atoms with van der Waals surface area (Å²) in [5, 5.41) is 8.36. The molecule has 172 valence electrons. The maximum absolute atomic E-state index is 13.0. The molecule has 3 heterocycles. The molecule has 2 aromatic rings. The number of aromatic nitrogens is 2. The first kappa shape index (κ1) is 23.1. The summed E-state index contributed by atoms with van der Waals surface area (Å²) in [6.45, 7) is 6.30. The second-order valence-corrected chi connectivity index (χ2v) is 9.37. The van der Waals surface area contributed by atoms with Crippen molar-refractivity contribution < 1.29 is 9.59 Å². The first-order valence-corrected chi connectivity index (χ1v) is 12.0. The molecule has 1 saturated heterocycles. The highest BCUT2D eigenvalue weighted by Gasteiger charge is 2.28. The van der Waals surface area contributed by atoms with Gasteiger partial charge in [-0.2, -0.15) is 5.10 Å². The minimum absolute atomic E-state index is 0.183. The third-order valence-corrected chi connectivity index (χ3v) is 7.07. The van der Waals surface area contributed by atoms with Gasteiger partial charge in [0.2, 0.25) is 0 Å². The number of amides is 2. The van der Waals surface area contributed by atoms with Gasteiger partial charge in [-0.05, 0) is 44.9 Å². The van der Waals surface area contributed by atoms with Gasteiger partial charge >= 0.3 is 0 Å². The van der Waals surface area contributed by atoms with Crippen molar-refractivity contribution in [3.05, 3.63) is 51.3 Å². The van der Waals surface area contributed by atoms with Crippen LogP contribution in [0.15, 0.2) is 24.3 Å². The Balaban J connectivity index is 1.33. The van der Waals surface area contributed by atoms with Crippen LogP contribution in [0, 0.1) is 0 Å². The number of nitrogens with zero attached hydrogens (tertiary/aromatic N) is 4. The highest BCUT2D eigenvalue weighted by atomic mass is 35.5. The van der Waals surface area contributed by atoms with Gasteiger partial charge < -0.3 is 15.1 Å². The van der Waals surface area contributed by atoms with Crippen LogP contribution in [-0.4, -0.2) is 63.6 Å². The van der Waals surface area contributed by atoms with Gasteiger partial charge in [-0.15, -0.1) is 0 Å². The predicted octanol–water partition coefficient (Wildman–Crippen LogP) is 3.84. The zero-order valence-corrected chi connectivity index (χ0v) is 19.8. The van der Waals surface area contributed by atoms with Crippen LogP contribution in [-0.2, 0) is 13.1 Å². The molecule has 0 unspecified atom stereocenters. The molecule has 2 aliphatic heterocycles. The quantitative estimate of drug-likeness (QED) is 0.614. The van der Waals surface area contributed by atoms with E-state index in [4.69, 9.17) is 23.2 Å². The Morgan fingerprint density at radius 2 is 1.97 bits per heavy atom. The highest BCUT2D eigenvalue weighted by Crippen LogP contribution is 2.27. The lowest BCUT2D eigenvalue weighted by Gasteiger charge is -2.33. The van der Waals surface area contributed by atoms with E-state index in [-0.39, 0.29) is 17.5 Å². The summed E-state index contributed by atoms with van der Waals surface area (Å²) in [4.78, 5) is 29.7. The summed E-state index contributed by atoms with van der Waals surface area (Å²) in [6, 6.07) is 7.49. The van der Waals surface area contributed by atoms with Crippen LogP contribution in [0.4, 0.5) is 0 Å². The fraction of sp³-hybridized carbons (Fsp3) is 0.522. The average molecular weight is 478 g/mol. The minimum Gasteiger partial charge on any atom is -0.351 e. The largest absolute Gasteiger partial charge is 0.351 e. The van der Waals surface area contributed by atoms with Crippen LogP contribution in [0.3, 0.4) is 0 Å². The van der Waals surface area contributed by atoms with Crippen molar-refractivity contribution in [2.75, 3.05) is 26.2 Å². The molecule has 7 nitrogen and oxygen atoms in total. The molecule has 2 amide bonds. The molecule has 1 aromatic heterocycles. The van der Waals surface area contributed by atoms with E-state index in [1.54, 1.807) is 33.8 Å². The molecule has 1 fully saturated rings. The van der Waals surface area contributed by atoms with Crippen molar-refractivity contribution in [1.29, 1.82) is 0 Å². The maximum Gasteiger partial charge on any atom is 0.272 e. The standard InChI is InChI=1S/C23H29Cl2N5O2/c1-16-6-2-3-10-28(16)11-5-9-26-22(31)20-14-21-23(32)29(12-13-30(21)27-20)15-17-18(24)7-4-8-19(17)25/h4,7-8,14,16H,2-3,5-6,9-13,15H2,1H3,(H,26,31)/t16-/m1/s1. The van der Waals surface area contributed by atoms with Crippen molar-refractivity contribution >= 4 is 35.0 Å². The SMILES string of the molecule is C[C@@H]1CCCCN1CCCNC(=O)c1cc2n(n1)CCN(Cc1c(Cl)cccc1Cl)C2=O. The Labute approximate surface area is 198 Å². The van der Waals surface area contributed by atoms with Gasteiger partial charge in [0.05, 0.1) is 6.54 Å². The number of benzene rings is 1. The van der Waals surface area contributed by atoms with Crippen molar-refractivity contribution in [3.63, 3.8) is 0 Å². The molecule has 2 aliphatic rings. The van der Waals surface area contributed by atoms with Crippen molar-refractivity contribution in [2.24, 2.45) is 0 Å². The number of likely N-dealkylation sites (tertiary alicyclic amines) is 1. The molecule has 32 heavy (non-hydrogen) atoms. The number of halogens is 2. The molecule has 1 N–H and O–H groups in total. The van der Waals surface area contributed by atoms with E-state index < -0.39 is 0 Å². The van der Waals surface area contributed by atoms with Crippen molar-refractivity contribution in [3.8, 4) is 0 Å². The molecule has 0 spiro atoms. The molecule has 1 aromatic carbocycles. The number of nitrogens with one attached hydrogen (secondary N) is 1. The van der Waals surface area contributed by atoms with Crippen LogP contribution in [0.1, 0.15) is 59.1 Å². The molecule has 0 radical (unpaired) electrons. The van der Waals surface area contributed by atoms with Gasteiger partial charge in [0.1, 0.15) is 5.69 Å². The summed E-state index contributed by atoms with van der Waals surface area (Å²) in [6.07, 6.45) is 4.71. The van der Waals surface area contributed by atoms with Crippen molar-refractivity contribution in [2.45, 2.75) is 51.7 Å². The fourth-order valence-electron chi connectivity index (χ4n) is 4.44. The summed E-state index contributed by atoms with van der Waals surface area (Å²) in [7, 11) is 0. The molecular formula is C23H29Cl2N5O2. The Kier molecular flexibility index (Phi) is 7.38. The second kappa shape index (κ2) is 10.2. The average Bonchev–Trinajstić information content (AvgIpc) is 3.22. The molecule has 4 rings (SSSR count). The first-order chi connectivity index (χ1) is 15.4. The van der Waals surface area contributed by atoms with Crippen LogP contribution < -0.4 is 5.32 Å². The lowest BCUT2D eigenvalue weighted by atomic mass is 10.0. The Hall–Kier alpha value is -2.09. The van der Waals surface area contributed by atoms with Gasteiger partial charge in [-0.1, -0.05) is 35.7 Å². The molecule has 9 heteroatoms. The lowest BCUT2D eigenvalue weighted by Crippen LogP contribution is -2.40. The normalized spacial score (nSPS) is 19.2.